The van der Waals surface area contributed by atoms with E-state index in [1.54, 1.807) is 53.6 Å². The molecule has 1 fully saturated rings. The molecule has 0 bridgehead atoms. The number of halogens is 1. The van der Waals surface area contributed by atoms with Gasteiger partial charge in [0.2, 0.25) is 15.9 Å². The lowest BCUT2D eigenvalue weighted by Crippen LogP contribution is -2.34. The molecule has 1 saturated carbocycles. The molecule has 0 radical (unpaired) electrons. The minimum Gasteiger partial charge on any atom is -0.337 e. The van der Waals surface area contributed by atoms with Gasteiger partial charge in [-0.3, -0.25) is 4.79 Å². The van der Waals surface area contributed by atoms with Crippen LogP contribution in [0.2, 0.25) is 0 Å². The summed E-state index contributed by atoms with van der Waals surface area (Å²) < 4.78 is 44.6. The topological polar surface area (TPSA) is 84.3 Å². The number of sulfonamides is 1. The number of carbonyl (C=O) groups excluding carboxylic acids is 1. The summed E-state index contributed by atoms with van der Waals surface area (Å²) in [4.78, 5) is 20.4. The van der Waals surface area contributed by atoms with Crippen LogP contribution in [-0.4, -0.2) is 23.9 Å². The smallest absolute Gasteiger partial charge is 0.241 e. The first-order valence-corrected chi connectivity index (χ1v) is 15.0. The van der Waals surface area contributed by atoms with Gasteiger partial charge in [-0.05, 0) is 84.7 Å². The fourth-order valence-electron chi connectivity index (χ4n) is 5.66. The fraction of sp³-hybridized carbons (Fsp3) is 0.290. The molecular weight excluding hydrogens is 527 g/mol. The third-order valence-electron chi connectivity index (χ3n) is 8.00. The van der Waals surface area contributed by atoms with Crippen LogP contribution in [-0.2, 0) is 34.8 Å². The van der Waals surface area contributed by atoms with Crippen molar-refractivity contribution in [2.24, 2.45) is 13.0 Å². The predicted molar refractivity (Wildman–Crippen MR) is 151 cm³/mol. The molecule has 1 N–H and O–H groups in total. The number of nitrogens with zero attached hydrogens (tertiary/aromatic N) is 3. The van der Waals surface area contributed by atoms with Crippen LogP contribution >= 0.6 is 0 Å². The van der Waals surface area contributed by atoms with Gasteiger partial charge in [0.05, 0.1) is 11.4 Å². The summed E-state index contributed by atoms with van der Waals surface area (Å²) in [6, 6.07) is 20.3. The Hall–Kier alpha value is -3.82. The summed E-state index contributed by atoms with van der Waals surface area (Å²) in [5.41, 5.74) is 3.64. The average molecular weight is 559 g/mol. The van der Waals surface area contributed by atoms with Gasteiger partial charge in [-0.25, -0.2) is 22.5 Å². The average Bonchev–Trinajstić information content (AvgIpc) is 3.66. The molecule has 1 amide bonds. The van der Waals surface area contributed by atoms with Crippen molar-refractivity contribution in [3.05, 3.63) is 114 Å². The maximum atomic E-state index is 14.0. The molecular formula is C31H31FN4O3S. The first-order chi connectivity index (χ1) is 19.3. The molecule has 7 nitrogen and oxygen atoms in total. The van der Waals surface area contributed by atoms with E-state index in [2.05, 4.69) is 9.71 Å². The Labute approximate surface area is 233 Å². The highest BCUT2D eigenvalue weighted by Crippen LogP contribution is 2.49. The Balaban J connectivity index is 1.31. The number of hydrogen-bond acceptors (Lipinski definition) is 4. The molecule has 0 aliphatic heterocycles. The largest absolute Gasteiger partial charge is 0.337 e. The second-order valence-electron chi connectivity index (χ2n) is 10.6. The van der Waals surface area contributed by atoms with Crippen molar-refractivity contribution in [3.8, 4) is 0 Å². The molecule has 40 heavy (non-hydrogen) atoms. The third-order valence-corrected chi connectivity index (χ3v) is 9.49. The number of fused-ring (bicyclic) bond motifs is 1. The summed E-state index contributed by atoms with van der Waals surface area (Å²) in [7, 11) is -1.82. The van der Waals surface area contributed by atoms with Crippen molar-refractivity contribution in [2.75, 3.05) is 4.90 Å². The molecule has 3 atom stereocenters. The van der Waals surface area contributed by atoms with Gasteiger partial charge in [-0.2, -0.15) is 0 Å². The van der Waals surface area contributed by atoms with Crippen LogP contribution in [0.1, 0.15) is 53.7 Å². The van der Waals surface area contributed by atoms with E-state index in [0.717, 1.165) is 35.4 Å². The van der Waals surface area contributed by atoms with Gasteiger partial charge in [0, 0.05) is 37.1 Å². The van der Waals surface area contributed by atoms with E-state index in [0.29, 0.717) is 18.5 Å². The maximum absolute atomic E-state index is 14.0. The Morgan fingerprint density at radius 1 is 1.10 bits per heavy atom. The van der Waals surface area contributed by atoms with Crippen LogP contribution in [0.15, 0.2) is 90.1 Å². The Kier molecular flexibility index (Phi) is 7.02. The normalized spacial score (nSPS) is 20.1. The van der Waals surface area contributed by atoms with Crippen molar-refractivity contribution in [1.29, 1.82) is 0 Å². The van der Waals surface area contributed by atoms with E-state index in [1.807, 2.05) is 36.0 Å². The van der Waals surface area contributed by atoms with Crippen LogP contribution in [0, 0.1) is 11.7 Å². The number of amides is 1. The summed E-state index contributed by atoms with van der Waals surface area (Å²) in [5, 5.41) is 0. The molecule has 1 aromatic heterocycles. The van der Waals surface area contributed by atoms with Crippen molar-refractivity contribution in [1.82, 2.24) is 14.3 Å². The van der Waals surface area contributed by atoms with E-state index >= 15 is 0 Å². The maximum Gasteiger partial charge on any atom is 0.241 e. The number of imidazole rings is 1. The van der Waals surface area contributed by atoms with Gasteiger partial charge in [-0.1, -0.05) is 36.4 Å². The number of carbonyl (C=O) groups is 1. The van der Waals surface area contributed by atoms with Crippen molar-refractivity contribution >= 4 is 21.6 Å². The number of benzene rings is 3. The zero-order valence-electron chi connectivity index (χ0n) is 22.2. The van der Waals surface area contributed by atoms with Crippen molar-refractivity contribution in [3.63, 3.8) is 0 Å². The summed E-state index contributed by atoms with van der Waals surface area (Å²) >= 11 is 0. The van der Waals surface area contributed by atoms with Gasteiger partial charge in [-0.15, -0.1) is 0 Å². The predicted octanol–water partition coefficient (Wildman–Crippen LogP) is 5.25. The SMILES string of the molecule is Cn1ccnc1CN(C(=O)[C@H]1C[C@@H]1c1ccc(F)cc1)c1ccc2c(c1)[C@@H](NS(=O)(=O)c1ccccc1)CCC2. The minimum atomic E-state index is -3.71. The minimum absolute atomic E-state index is 0.0190. The molecule has 0 saturated heterocycles. The van der Waals surface area contributed by atoms with Crippen LogP contribution < -0.4 is 9.62 Å². The lowest BCUT2D eigenvalue weighted by atomic mass is 9.87. The van der Waals surface area contributed by atoms with Gasteiger partial charge < -0.3 is 9.47 Å². The molecule has 1 heterocycles. The van der Waals surface area contributed by atoms with E-state index in [4.69, 9.17) is 0 Å². The zero-order chi connectivity index (χ0) is 27.9. The molecule has 0 spiro atoms. The van der Waals surface area contributed by atoms with Crippen LogP contribution in [0.3, 0.4) is 0 Å². The van der Waals surface area contributed by atoms with Gasteiger partial charge in [0.25, 0.3) is 0 Å². The first-order valence-electron chi connectivity index (χ1n) is 13.5. The highest BCUT2D eigenvalue weighted by Gasteiger charge is 2.46. The highest BCUT2D eigenvalue weighted by molar-refractivity contribution is 7.89. The van der Waals surface area contributed by atoms with Crippen LogP contribution in [0.4, 0.5) is 10.1 Å². The van der Waals surface area contributed by atoms with E-state index in [1.165, 1.54) is 12.1 Å². The van der Waals surface area contributed by atoms with Gasteiger partial charge >= 0.3 is 0 Å². The zero-order valence-corrected chi connectivity index (χ0v) is 23.0. The van der Waals surface area contributed by atoms with E-state index < -0.39 is 16.1 Å². The number of nitrogens with one attached hydrogen (secondary N) is 1. The number of rotatable bonds is 8. The second kappa shape index (κ2) is 10.6. The van der Waals surface area contributed by atoms with Gasteiger partial charge in [0.15, 0.2) is 0 Å². The number of aromatic nitrogens is 2. The summed E-state index contributed by atoms with van der Waals surface area (Å²) in [6.45, 7) is 0.286. The lowest BCUT2D eigenvalue weighted by molar-refractivity contribution is -0.120. The summed E-state index contributed by atoms with van der Waals surface area (Å²) in [5.74, 6) is 0.255. The number of hydrogen-bond donors (Lipinski definition) is 1. The fourth-order valence-corrected chi connectivity index (χ4v) is 6.94. The molecule has 9 heteroatoms. The van der Waals surface area contributed by atoms with E-state index in [9.17, 15) is 17.6 Å². The quantitative estimate of drug-likeness (QED) is 0.320. The third kappa shape index (κ3) is 5.31. The number of anilines is 1. The Bertz CT molecular complexity index is 1640. The Morgan fingerprint density at radius 3 is 2.60 bits per heavy atom. The molecule has 206 valence electrons. The standard InChI is InChI=1S/C31H31FN4O3S/c1-35-17-16-33-30(35)20-36(31(37)28-19-26(28)22-10-13-23(32)14-11-22)24-15-12-21-6-5-9-29(27(21)18-24)34-40(38,39)25-7-3-2-4-8-25/h2-4,7-8,10-18,26,28-29,34H,5-6,9,19-20H2,1H3/t26-,28+,29+/m1/s1. The Morgan fingerprint density at radius 2 is 1.88 bits per heavy atom. The molecule has 4 aromatic rings. The monoisotopic (exact) mass is 558 g/mol. The van der Waals surface area contributed by atoms with Crippen molar-refractivity contribution in [2.45, 2.75) is 49.1 Å². The molecule has 2 aliphatic carbocycles. The van der Waals surface area contributed by atoms with Gasteiger partial charge in [0.1, 0.15) is 11.6 Å². The molecule has 2 aliphatic rings. The molecule has 0 unspecified atom stereocenters. The van der Waals surface area contributed by atoms with E-state index in [-0.39, 0.29) is 35.0 Å². The van der Waals surface area contributed by atoms with Crippen LogP contribution in [0.5, 0.6) is 0 Å². The highest BCUT2D eigenvalue weighted by atomic mass is 32.2. The number of aryl methyl sites for hydroxylation is 2. The van der Waals surface area contributed by atoms with Crippen molar-refractivity contribution < 1.29 is 17.6 Å². The second-order valence-corrected chi connectivity index (χ2v) is 12.4. The first kappa shape index (κ1) is 26.4. The lowest BCUT2D eigenvalue weighted by Gasteiger charge is -2.29. The summed E-state index contributed by atoms with van der Waals surface area (Å²) in [6.07, 6.45) is 6.64. The molecule has 3 aromatic carbocycles. The molecule has 6 rings (SSSR count). The van der Waals surface area contributed by atoms with Crippen LogP contribution in [0.25, 0.3) is 0 Å².